The van der Waals surface area contributed by atoms with Crippen LogP contribution in [-0.2, 0) is 0 Å². The molecule has 0 aliphatic carbocycles. The Kier molecular flexibility index (Phi) is 6.24. The maximum absolute atomic E-state index is 5.48. The monoisotopic (exact) mass is 155 g/mol. The van der Waals surface area contributed by atoms with Gasteiger partial charge < -0.3 is 5.73 Å². The number of nitrogens with two attached hydrogens (primary N) is 1. The van der Waals surface area contributed by atoms with E-state index in [1.807, 2.05) is 0 Å². The Morgan fingerprint density at radius 3 is 2.64 bits per heavy atom. The molecule has 0 aromatic carbocycles. The Morgan fingerprint density at radius 1 is 1.55 bits per heavy atom. The van der Waals surface area contributed by atoms with Gasteiger partial charge in [-0.2, -0.15) is 0 Å². The Hall–Kier alpha value is -0.300. The Morgan fingerprint density at radius 2 is 2.18 bits per heavy atom. The van der Waals surface area contributed by atoms with Crippen LogP contribution in [0.5, 0.6) is 0 Å². The molecule has 0 fully saturated rings. The Bertz CT molecular complexity index is 116. The summed E-state index contributed by atoms with van der Waals surface area (Å²) in [6.45, 7) is 7.29. The molecule has 0 amide bonds. The van der Waals surface area contributed by atoms with E-state index in [4.69, 9.17) is 5.73 Å². The van der Waals surface area contributed by atoms with Crippen molar-refractivity contribution in [2.75, 3.05) is 6.54 Å². The molecule has 66 valence electrons. The number of hydrogen-bond acceptors (Lipinski definition) is 1. The van der Waals surface area contributed by atoms with Gasteiger partial charge in [-0.3, -0.25) is 0 Å². The van der Waals surface area contributed by atoms with Crippen molar-refractivity contribution in [2.45, 2.75) is 40.0 Å². The highest BCUT2D eigenvalue weighted by Gasteiger charge is 1.96. The lowest BCUT2D eigenvalue weighted by molar-refractivity contribution is 0.594. The maximum Gasteiger partial charge on any atom is 0.0134 e. The van der Waals surface area contributed by atoms with Gasteiger partial charge in [-0.05, 0) is 19.3 Å². The molecule has 0 spiro atoms. The van der Waals surface area contributed by atoms with Crippen LogP contribution in [0.3, 0.4) is 0 Å². The van der Waals surface area contributed by atoms with Crippen molar-refractivity contribution in [1.82, 2.24) is 0 Å². The van der Waals surface area contributed by atoms with E-state index in [0.29, 0.717) is 12.5 Å². The second kappa shape index (κ2) is 6.41. The minimum Gasteiger partial charge on any atom is -0.327 e. The maximum atomic E-state index is 5.48. The molecule has 0 aromatic rings. The van der Waals surface area contributed by atoms with Gasteiger partial charge >= 0.3 is 0 Å². The molecule has 0 radical (unpaired) electrons. The van der Waals surface area contributed by atoms with E-state index < -0.39 is 0 Å². The summed E-state index contributed by atoms with van der Waals surface area (Å²) in [5.74, 6) is 0.707. The summed E-state index contributed by atoms with van der Waals surface area (Å²) < 4.78 is 0. The van der Waals surface area contributed by atoms with E-state index in [9.17, 15) is 0 Å². The van der Waals surface area contributed by atoms with Crippen LogP contribution in [-0.4, -0.2) is 6.54 Å². The molecular weight excluding hydrogens is 134 g/mol. The van der Waals surface area contributed by atoms with Gasteiger partial charge in [0.15, 0.2) is 0 Å². The van der Waals surface area contributed by atoms with E-state index >= 15 is 0 Å². The third-order valence-electron chi connectivity index (χ3n) is 1.90. The predicted octanol–water partition coefficient (Wildman–Crippen LogP) is 2.72. The summed E-state index contributed by atoms with van der Waals surface area (Å²) in [5, 5.41) is 0. The zero-order chi connectivity index (χ0) is 8.69. The van der Waals surface area contributed by atoms with E-state index in [1.165, 1.54) is 24.8 Å². The number of unbranched alkanes of at least 4 members (excludes halogenated alkanes) is 1. The first-order valence-corrected chi connectivity index (χ1v) is 4.58. The first-order chi connectivity index (χ1) is 5.20. The van der Waals surface area contributed by atoms with E-state index in [-0.39, 0.29) is 0 Å². The number of rotatable bonds is 5. The second-order valence-electron chi connectivity index (χ2n) is 3.34. The second-order valence-corrected chi connectivity index (χ2v) is 3.34. The molecule has 0 saturated carbocycles. The van der Waals surface area contributed by atoms with Crippen molar-refractivity contribution < 1.29 is 0 Å². The SMILES string of the molecule is CCCC[C@H](C)/C=C(/C)CN. The molecule has 11 heavy (non-hydrogen) atoms. The summed E-state index contributed by atoms with van der Waals surface area (Å²) in [6.07, 6.45) is 6.21. The van der Waals surface area contributed by atoms with Crippen LogP contribution in [0.1, 0.15) is 40.0 Å². The zero-order valence-corrected chi connectivity index (χ0v) is 8.06. The van der Waals surface area contributed by atoms with Gasteiger partial charge in [0.1, 0.15) is 0 Å². The fraction of sp³-hybridized carbons (Fsp3) is 0.800. The highest BCUT2D eigenvalue weighted by atomic mass is 14.5. The van der Waals surface area contributed by atoms with Crippen LogP contribution < -0.4 is 5.73 Å². The van der Waals surface area contributed by atoms with Gasteiger partial charge in [-0.1, -0.05) is 38.3 Å². The molecule has 0 aliphatic rings. The van der Waals surface area contributed by atoms with Crippen LogP contribution in [0.25, 0.3) is 0 Å². The molecule has 0 rings (SSSR count). The summed E-state index contributed by atoms with van der Waals surface area (Å²) in [5.41, 5.74) is 6.79. The number of allylic oxidation sites excluding steroid dienone is 1. The molecule has 2 N–H and O–H groups in total. The molecule has 0 unspecified atom stereocenters. The average Bonchev–Trinajstić information content (AvgIpc) is 2.00. The van der Waals surface area contributed by atoms with Crippen LogP contribution >= 0.6 is 0 Å². The van der Waals surface area contributed by atoms with Crippen molar-refractivity contribution in [3.8, 4) is 0 Å². The molecule has 1 atom stereocenters. The smallest absolute Gasteiger partial charge is 0.0134 e. The molecule has 0 bridgehead atoms. The van der Waals surface area contributed by atoms with Crippen molar-refractivity contribution in [2.24, 2.45) is 11.7 Å². The van der Waals surface area contributed by atoms with Crippen molar-refractivity contribution in [1.29, 1.82) is 0 Å². The van der Waals surface area contributed by atoms with Crippen molar-refractivity contribution in [3.63, 3.8) is 0 Å². The van der Waals surface area contributed by atoms with Crippen LogP contribution in [0.4, 0.5) is 0 Å². The summed E-state index contributed by atoms with van der Waals surface area (Å²) in [6, 6.07) is 0. The lowest BCUT2D eigenvalue weighted by Gasteiger charge is -2.05. The summed E-state index contributed by atoms with van der Waals surface area (Å²) in [7, 11) is 0. The first-order valence-electron chi connectivity index (χ1n) is 4.58. The molecular formula is C10H21N. The molecule has 1 heteroatoms. The third-order valence-corrected chi connectivity index (χ3v) is 1.90. The highest BCUT2D eigenvalue weighted by Crippen LogP contribution is 2.10. The lowest BCUT2D eigenvalue weighted by atomic mass is 10.0. The van der Waals surface area contributed by atoms with Crippen molar-refractivity contribution in [3.05, 3.63) is 11.6 Å². The Balaban J connectivity index is 3.57. The van der Waals surface area contributed by atoms with Gasteiger partial charge in [0.05, 0.1) is 0 Å². The number of hydrogen-bond donors (Lipinski definition) is 1. The standard InChI is InChI=1S/C10H21N/c1-4-5-6-9(2)7-10(3)8-11/h7,9H,4-6,8,11H2,1-3H3/b10-7-/t9-/m0/s1. The minimum atomic E-state index is 0.705. The summed E-state index contributed by atoms with van der Waals surface area (Å²) >= 11 is 0. The molecule has 0 aliphatic heterocycles. The van der Waals surface area contributed by atoms with Crippen LogP contribution in [0.2, 0.25) is 0 Å². The largest absolute Gasteiger partial charge is 0.327 e. The summed E-state index contributed by atoms with van der Waals surface area (Å²) in [4.78, 5) is 0. The van der Waals surface area contributed by atoms with E-state index in [0.717, 1.165) is 0 Å². The highest BCUT2D eigenvalue weighted by molar-refractivity contribution is 5.01. The van der Waals surface area contributed by atoms with Crippen LogP contribution in [0, 0.1) is 5.92 Å². The van der Waals surface area contributed by atoms with Gasteiger partial charge in [-0.15, -0.1) is 0 Å². The normalized spacial score (nSPS) is 15.1. The van der Waals surface area contributed by atoms with E-state index in [1.54, 1.807) is 0 Å². The van der Waals surface area contributed by atoms with Gasteiger partial charge in [0.25, 0.3) is 0 Å². The first kappa shape index (κ1) is 10.7. The third kappa shape index (κ3) is 6.11. The van der Waals surface area contributed by atoms with Crippen LogP contribution in [0.15, 0.2) is 11.6 Å². The van der Waals surface area contributed by atoms with Gasteiger partial charge in [0, 0.05) is 6.54 Å². The van der Waals surface area contributed by atoms with Gasteiger partial charge in [0.2, 0.25) is 0 Å². The fourth-order valence-corrected chi connectivity index (χ4v) is 1.16. The lowest BCUT2D eigenvalue weighted by Crippen LogP contribution is -2.02. The molecule has 0 saturated heterocycles. The predicted molar refractivity (Wildman–Crippen MR) is 51.5 cm³/mol. The van der Waals surface area contributed by atoms with E-state index in [2.05, 4.69) is 26.8 Å². The fourth-order valence-electron chi connectivity index (χ4n) is 1.16. The molecule has 0 aromatic heterocycles. The molecule has 1 nitrogen and oxygen atoms in total. The molecule has 0 heterocycles. The minimum absolute atomic E-state index is 0.705. The van der Waals surface area contributed by atoms with Gasteiger partial charge in [-0.25, -0.2) is 0 Å². The Labute approximate surface area is 70.7 Å². The zero-order valence-electron chi connectivity index (χ0n) is 8.06. The topological polar surface area (TPSA) is 26.0 Å². The quantitative estimate of drug-likeness (QED) is 0.607. The average molecular weight is 155 g/mol. The van der Waals surface area contributed by atoms with Crippen molar-refractivity contribution >= 4 is 0 Å².